The summed E-state index contributed by atoms with van der Waals surface area (Å²) >= 11 is 1.49. The standard InChI is InChI=1S/C17H33N5OS/c1-7-9-10-22-16(14(8-2)21(5)6)19-20-17(22)24-12-15(23)18-11-13(3)4/h13-14H,7-12H2,1-6H3,(H,18,23)/p+1/t14-/m0/s1. The van der Waals surface area contributed by atoms with Crippen LogP contribution in [0.5, 0.6) is 0 Å². The monoisotopic (exact) mass is 356 g/mol. The van der Waals surface area contributed by atoms with E-state index in [1.807, 2.05) is 0 Å². The number of hydrogen-bond donors (Lipinski definition) is 2. The predicted molar refractivity (Wildman–Crippen MR) is 99.3 cm³/mol. The normalized spacial score (nSPS) is 12.8. The number of unbranched alkanes of at least 4 members (excludes halogenated alkanes) is 1. The summed E-state index contributed by atoms with van der Waals surface area (Å²) < 4.78 is 2.21. The lowest BCUT2D eigenvalue weighted by Crippen LogP contribution is -3.06. The highest BCUT2D eigenvalue weighted by Crippen LogP contribution is 2.21. The SMILES string of the molecule is CCCCn1c(SCC(=O)NCC(C)C)nnc1[C@H](CC)[NH+](C)C. The van der Waals surface area contributed by atoms with Gasteiger partial charge in [0.1, 0.15) is 6.04 Å². The minimum absolute atomic E-state index is 0.0607. The summed E-state index contributed by atoms with van der Waals surface area (Å²) in [6.07, 6.45) is 3.24. The Morgan fingerprint density at radius 2 is 2.00 bits per heavy atom. The maximum atomic E-state index is 12.0. The van der Waals surface area contributed by atoms with E-state index in [9.17, 15) is 4.79 Å². The number of thioether (sulfide) groups is 1. The van der Waals surface area contributed by atoms with Gasteiger partial charge in [-0.2, -0.15) is 0 Å². The van der Waals surface area contributed by atoms with Crippen molar-refractivity contribution in [1.29, 1.82) is 0 Å². The Labute approximate surface area is 150 Å². The molecule has 0 fully saturated rings. The van der Waals surface area contributed by atoms with E-state index in [0.717, 1.165) is 43.3 Å². The molecule has 138 valence electrons. The summed E-state index contributed by atoms with van der Waals surface area (Å²) in [5.41, 5.74) is 0. The molecule has 2 N–H and O–H groups in total. The molecule has 0 radical (unpaired) electrons. The molecule has 1 rings (SSSR count). The first kappa shape index (κ1) is 21.0. The second-order valence-electron chi connectivity index (χ2n) is 6.87. The van der Waals surface area contributed by atoms with E-state index in [4.69, 9.17) is 0 Å². The van der Waals surface area contributed by atoms with E-state index in [2.05, 4.69) is 61.9 Å². The van der Waals surface area contributed by atoms with Crippen LogP contribution in [0.3, 0.4) is 0 Å². The average Bonchev–Trinajstić information content (AvgIpc) is 2.92. The van der Waals surface area contributed by atoms with Crippen molar-refractivity contribution in [3.05, 3.63) is 5.82 Å². The molecule has 7 heteroatoms. The zero-order valence-electron chi connectivity index (χ0n) is 16.1. The number of carbonyl (C=O) groups is 1. The molecule has 6 nitrogen and oxygen atoms in total. The van der Waals surface area contributed by atoms with Crippen molar-refractivity contribution in [2.45, 2.75) is 64.7 Å². The molecule has 0 spiro atoms. The molecule has 0 aromatic carbocycles. The van der Waals surface area contributed by atoms with Crippen LogP contribution in [0.1, 0.15) is 58.8 Å². The number of quaternary nitrogens is 1. The van der Waals surface area contributed by atoms with Crippen LogP contribution in [0, 0.1) is 5.92 Å². The largest absolute Gasteiger partial charge is 0.355 e. The van der Waals surface area contributed by atoms with Gasteiger partial charge in [-0.25, -0.2) is 0 Å². The van der Waals surface area contributed by atoms with Crippen molar-refractivity contribution >= 4 is 17.7 Å². The van der Waals surface area contributed by atoms with Gasteiger partial charge in [-0.05, 0) is 12.3 Å². The van der Waals surface area contributed by atoms with E-state index < -0.39 is 0 Å². The number of rotatable bonds is 11. The zero-order chi connectivity index (χ0) is 18.1. The summed E-state index contributed by atoms with van der Waals surface area (Å²) in [5.74, 6) is 1.96. The van der Waals surface area contributed by atoms with Gasteiger partial charge in [-0.3, -0.25) is 4.79 Å². The first-order valence-corrected chi connectivity index (χ1v) is 10.0. The fourth-order valence-electron chi connectivity index (χ4n) is 2.54. The van der Waals surface area contributed by atoms with Gasteiger partial charge in [0.2, 0.25) is 5.91 Å². The number of aromatic nitrogens is 3. The number of amides is 1. The predicted octanol–water partition coefficient (Wildman–Crippen LogP) is 1.54. The van der Waals surface area contributed by atoms with Gasteiger partial charge >= 0.3 is 0 Å². The van der Waals surface area contributed by atoms with Gasteiger partial charge in [0, 0.05) is 19.5 Å². The number of nitrogens with zero attached hydrogens (tertiary/aromatic N) is 3. The van der Waals surface area contributed by atoms with Crippen molar-refractivity contribution in [2.75, 3.05) is 26.4 Å². The quantitative estimate of drug-likeness (QED) is 0.590. The van der Waals surface area contributed by atoms with Gasteiger partial charge in [-0.15, -0.1) is 10.2 Å². The molecule has 0 aliphatic rings. The van der Waals surface area contributed by atoms with Crippen LogP contribution in [0.25, 0.3) is 0 Å². The summed E-state index contributed by atoms with van der Waals surface area (Å²) in [6.45, 7) is 10.2. The second kappa shape index (κ2) is 10.7. The molecule has 1 heterocycles. The molecule has 1 aromatic rings. The van der Waals surface area contributed by atoms with Gasteiger partial charge in [0.15, 0.2) is 11.0 Å². The highest BCUT2D eigenvalue weighted by molar-refractivity contribution is 7.99. The second-order valence-corrected chi connectivity index (χ2v) is 7.81. The lowest BCUT2D eigenvalue weighted by atomic mass is 10.2. The Balaban J connectivity index is 2.82. The summed E-state index contributed by atoms with van der Waals surface area (Å²) in [6, 6.07) is 0.332. The Kier molecular flexibility index (Phi) is 9.36. The van der Waals surface area contributed by atoms with Gasteiger partial charge < -0.3 is 14.8 Å². The third kappa shape index (κ3) is 6.43. The number of carbonyl (C=O) groups excluding carboxylic acids is 1. The van der Waals surface area contributed by atoms with E-state index in [1.165, 1.54) is 16.7 Å². The first-order chi connectivity index (χ1) is 11.4. The van der Waals surface area contributed by atoms with Crippen LogP contribution in [-0.2, 0) is 11.3 Å². The molecular weight excluding hydrogens is 322 g/mol. The molecule has 0 saturated carbocycles. The molecule has 1 amide bonds. The Morgan fingerprint density at radius 1 is 1.29 bits per heavy atom. The molecule has 1 atom stereocenters. The van der Waals surface area contributed by atoms with Crippen molar-refractivity contribution in [3.8, 4) is 0 Å². The van der Waals surface area contributed by atoms with Crippen LogP contribution in [0.4, 0.5) is 0 Å². The van der Waals surface area contributed by atoms with Crippen LogP contribution >= 0.6 is 11.8 Å². The van der Waals surface area contributed by atoms with E-state index in [1.54, 1.807) is 0 Å². The van der Waals surface area contributed by atoms with Crippen LogP contribution in [0.2, 0.25) is 0 Å². The van der Waals surface area contributed by atoms with Gasteiger partial charge in [0.05, 0.1) is 19.8 Å². The van der Waals surface area contributed by atoms with Crippen LogP contribution in [-0.4, -0.2) is 47.1 Å². The minimum atomic E-state index is 0.0607. The topological polar surface area (TPSA) is 64.2 Å². The number of hydrogen-bond acceptors (Lipinski definition) is 4. The van der Waals surface area contributed by atoms with E-state index in [-0.39, 0.29) is 5.91 Å². The Bertz CT molecular complexity index is 501. The lowest BCUT2D eigenvalue weighted by Gasteiger charge is -2.20. The van der Waals surface area contributed by atoms with Crippen molar-refractivity contribution < 1.29 is 9.69 Å². The molecule has 24 heavy (non-hydrogen) atoms. The Hall–Kier alpha value is -1.08. The molecule has 0 saturated heterocycles. The maximum absolute atomic E-state index is 12.0. The van der Waals surface area contributed by atoms with E-state index in [0.29, 0.717) is 17.7 Å². The third-order valence-corrected chi connectivity index (χ3v) is 4.90. The molecule has 0 aliphatic carbocycles. The fraction of sp³-hybridized carbons (Fsp3) is 0.824. The van der Waals surface area contributed by atoms with Crippen LogP contribution in [0.15, 0.2) is 5.16 Å². The summed E-state index contributed by atoms with van der Waals surface area (Å²) in [5, 5.41) is 12.6. The summed E-state index contributed by atoms with van der Waals surface area (Å²) in [4.78, 5) is 13.3. The maximum Gasteiger partial charge on any atom is 0.230 e. The minimum Gasteiger partial charge on any atom is -0.355 e. The highest BCUT2D eigenvalue weighted by atomic mass is 32.2. The molecule has 0 bridgehead atoms. The Morgan fingerprint density at radius 3 is 2.54 bits per heavy atom. The zero-order valence-corrected chi connectivity index (χ0v) is 16.9. The molecule has 1 aromatic heterocycles. The van der Waals surface area contributed by atoms with E-state index >= 15 is 0 Å². The van der Waals surface area contributed by atoms with Crippen molar-refractivity contribution in [2.24, 2.45) is 5.92 Å². The summed E-state index contributed by atoms with van der Waals surface area (Å²) in [7, 11) is 4.30. The van der Waals surface area contributed by atoms with Gasteiger partial charge in [-0.1, -0.05) is 45.9 Å². The highest BCUT2D eigenvalue weighted by Gasteiger charge is 2.24. The number of nitrogens with one attached hydrogen (secondary N) is 2. The van der Waals surface area contributed by atoms with Crippen LogP contribution < -0.4 is 10.2 Å². The van der Waals surface area contributed by atoms with Gasteiger partial charge in [0.25, 0.3) is 0 Å². The van der Waals surface area contributed by atoms with Crippen molar-refractivity contribution in [3.63, 3.8) is 0 Å². The smallest absolute Gasteiger partial charge is 0.230 e. The molecular formula is C17H34N5OS+. The third-order valence-electron chi connectivity index (χ3n) is 3.94. The first-order valence-electron chi connectivity index (χ1n) is 9.03. The lowest BCUT2D eigenvalue weighted by molar-refractivity contribution is -0.893. The molecule has 0 unspecified atom stereocenters. The average molecular weight is 357 g/mol. The fourth-order valence-corrected chi connectivity index (χ4v) is 3.34. The molecule has 0 aliphatic heterocycles. The van der Waals surface area contributed by atoms with Crippen molar-refractivity contribution in [1.82, 2.24) is 20.1 Å².